The number of anilines is 1. The first-order valence-corrected chi connectivity index (χ1v) is 10.3. The van der Waals surface area contributed by atoms with Gasteiger partial charge in [0.1, 0.15) is 0 Å². The van der Waals surface area contributed by atoms with Gasteiger partial charge in [0.15, 0.2) is 0 Å². The molecular weight excluding hydrogens is 386 g/mol. The molecule has 0 fully saturated rings. The molecule has 0 aliphatic heterocycles. The molecular formula is C22H19N3O3S. The quantitative estimate of drug-likeness (QED) is 0.652. The topological polar surface area (TPSA) is 90.3 Å². The number of hydrogen-bond donors (Lipinski definition) is 1. The Kier molecular flexibility index (Phi) is 6.39. The predicted octanol–water partition coefficient (Wildman–Crippen LogP) is 3.39. The summed E-state index contributed by atoms with van der Waals surface area (Å²) in [6.45, 7) is -0.299. The number of nitriles is 1. The van der Waals surface area contributed by atoms with Gasteiger partial charge in [-0.15, -0.1) is 0 Å². The molecule has 7 heteroatoms. The molecule has 0 heterocycles. The van der Waals surface area contributed by atoms with Crippen molar-refractivity contribution in [3.05, 3.63) is 96.1 Å². The van der Waals surface area contributed by atoms with Gasteiger partial charge in [0.25, 0.3) is 0 Å². The number of sulfonamides is 1. The van der Waals surface area contributed by atoms with Crippen molar-refractivity contribution in [3.8, 4) is 6.07 Å². The van der Waals surface area contributed by atoms with Crippen molar-refractivity contribution in [2.75, 3.05) is 11.9 Å². The van der Waals surface area contributed by atoms with Gasteiger partial charge < -0.3 is 5.32 Å². The molecule has 0 atom stereocenters. The molecule has 0 unspecified atom stereocenters. The summed E-state index contributed by atoms with van der Waals surface area (Å²) in [5, 5.41) is 11.6. The fourth-order valence-corrected chi connectivity index (χ4v) is 4.19. The molecule has 3 rings (SSSR count). The van der Waals surface area contributed by atoms with Gasteiger partial charge in [-0.2, -0.15) is 9.57 Å². The van der Waals surface area contributed by atoms with Gasteiger partial charge in [0.05, 0.1) is 23.1 Å². The van der Waals surface area contributed by atoms with Crippen LogP contribution in [0.5, 0.6) is 0 Å². The Bertz CT molecular complexity index is 1120. The number of amides is 1. The molecule has 3 aromatic rings. The van der Waals surface area contributed by atoms with Crippen LogP contribution in [0.15, 0.2) is 89.8 Å². The lowest BCUT2D eigenvalue weighted by Gasteiger charge is -2.22. The van der Waals surface area contributed by atoms with Gasteiger partial charge in [-0.25, -0.2) is 8.42 Å². The van der Waals surface area contributed by atoms with E-state index < -0.39 is 15.9 Å². The minimum atomic E-state index is -3.88. The molecule has 146 valence electrons. The monoisotopic (exact) mass is 405 g/mol. The first-order valence-electron chi connectivity index (χ1n) is 8.88. The molecule has 0 bridgehead atoms. The van der Waals surface area contributed by atoms with Crippen molar-refractivity contribution in [1.29, 1.82) is 5.26 Å². The summed E-state index contributed by atoms with van der Waals surface area (Å²) in [5.41, 5.74) is 1.61. The maximum absolute atomic E-state index is 13.1. The number of rotatable bonds is 7. The van der Waals surface area contributed by atoms with E-state index in [1.54, 1.807) is 36.4 Å². The summed E-state index contributed by atoms with van der Waals surface area (Å²) >= 11 is 0. The van der Waals surface area contributed by atoms with Crippen molar-refractivity contribution >= 4 is 21.6 Å². The summed E-state index contributed by atoms with van der Waals surface area (Å²) in [6.07, 6.45) is 0. The molecule has 0 saturated carbocycles. The lowest BCUT2D eigenvalue weighted by Crippen LogP contribution is -2.37. The first kappa shape index (κ1) is 20.3. The van der Waals surface area contributed by atoms with Crippen LogP contribution in [0.1, 0.15) is 11.1 Å². The number of benzene rings is 3. The fourth-order valence-electron chi connectivity index (χ4n) is 2.78. The van der Waals surface area contributed by atoms with Crippen molar-refractivity contribution in [1.82, 2.24) is 4.31 Å². The summed E-state index contributed by atoms with van der Waals surface area (Å²) in [7, 11) is -3.88. The molecule has 6 nitrogen and oxygen atoms in total. The highest BCUT2D eigenvalue weighted by Gasteiger charge is 2.26. The van der Waals surface area contributed by atoms with Crippen LogP contribution < -0.4 is 5.32 Å². The van der Waals surface area contributed by atoms with E-state index >= 15 is 0 Å². The maximum atomic E-state index is 13.1. The Balaban J connectivity index is 1.84. The third kappa shape index (κ3) is 5.29. The van der Waals surface area contributed by atoms with Crippen molar-refractivity contribution in [2.24, 2.45) is 0 Å². The Morgan fingerprint density at radius 1 is 0.931 bits per heavy atom. The lowest BCUT2D eigenvalue weighted by atomic mass is 10.2. The second-order valence-corrected chi connectivity index (χ2v) is 8.25. The zero-order valence-electron chi connectivity index (χ0n) is 15.5. The van der Waals surface area contributed by atoms with Crippen molar-refractivity contribution in [3.63, 3.8) is 0 Å². The van der Waals surface area contributed by atoms with E-state index in [0.29, 0.717) is 11.3 Å². The lowest BCUT2D eigenvalue weighted by molar-refractivity contribution is -0.116. The van der Waals surface area contributed by atoms with Gasteiger partial charge >= 0.3 is 0 Å². The molecule has 1 amide bonds. The SMILES string of the molecule is N#Cc1cccc(NC(=O)CN(Cc2ccccc2)S(=O)(=O)c2ccccc2)c1. The van der Waals surface area contributed by atoms with E-state index in [4.69, 9.17) is 5.26 Å². The summed E-state index contributed by atoms with van der Waals surface area (Å²) in [5.74, 6) is -0.490. The third-order valence-corrected chi connectivity index (χ3v) is 5.98. The van der Waals surface area contributed by atoms with Crippen LogP contribution in [0.3, 0.4) is 0 Å². The minimum absolute atomic E-state index is 0.0592. The van der Waals surface area contributed by atoms with Crippen molar-refractivity contribution < 1.29 is 13.2 Å². The average molecular weight is 405 g/mol. The number of hydrogen-bond acceptors (Lipinski definition) is 4. The van der Waals surface area contributed by atoms with Gasteiger partial charge in [-0.3, -0.25) is 4.79 Å². The van der Waals surface area contributed by atoms with Gasteiger partial charge in [-0.1, -0.05) is 54.6 Å². The van der Waals surface area contributed by atoms with Crippen LogP contribution in [0.2, 0.25) is 0 Å². The fraction of sp³-hybridized carbons (Fsp3) is 0.0909. The van der Waals surface area contributed by atoms with Gasteiger partial charge in [-0.05, 0) is 35.9 Å². The Morgan fingerprint density at radius 3 is 2.24 bits per heavy atom. The largest absolute Gasteiger partial charge is 0.325 e. The Labute approximate surface area is 170 Å². The molecule has 1 N–H and O–H groups in total. The zero-order chi connectivity index (χ0) is 20.7. The van der Waals surface area contributed by atoms with Crippen molar-refractivity contribution in [2.45, 2.75) is 11.4 Å². The summed E-state index contributed by atoms with van der Waals surface area (Å²) in [6, 6.07) is 25.6. The van der Waals surface area contributed by atoms with Crippen LogP contribution in [0.4, 0.5) is 5.69 Å². The van der Waals surface area contributed by atoms with Gasteiger partial charge in [0.2, 0.25) is 15.9 Å². The number of carbonyl (C=O) groups is 1. The van der Waals surface area contributed by atoms with Crippen LogP contribution in [0, 0.1) is 11.3 Å². The van der Waals surface area contributed by atoms with E-state index in [9.17, 15) is 13.2 Å². The van der Waals surface area contributed by atoms with Crippen LogP contribution in [0.25, 0.3) is 0 Å². The molecule has 0 aliphatic carbocycles. The van der Waals surface area contributed by atoms with E-state index in [0.717, 1.165) is 9.87 Å². The summed E-state index contributed by atoms with van der Waals surface area (Å²) < 4.78 is 27.4. The second-order valence-electron chi connectivity index (χ2n) is 6.31. The molecule has 0 aliphatic rings. The molecule has 0 saturated heterocycles. The van der Waals surface area contributed by atoms with E-state index in [1.807, 2.05) is 36.4 Å². The average Bonchev–Trinajstić information content (AvgIpc) is 2.74. The highest BCUT2D eigenvalue weighted by Crippen LogP contribution is 2.19. The number of nitrogens with one attached hydrogen (secondary N) is 1. The highest BCUT2D eigenvalue weighted by molar-refractivity contribution is 7.89. The standard InChI is InChI=1S/C22H19N3O3S/c23-15-19-10-7-11-20(14-19)24-22(26)17-25(16-18-8-3-1-4-9-18)29(27,28)21-12-5-2-6-13-21/h1-14H,16-17H2,(H,24,26). The summed E-state index contributed by atoms with van der Waals surface area (Å²) in [4.78, 5) is 12.7. The number of nitrogens with zero attached hydrogens (tertiary/aromatic N) is 2. The number of carbonyl (C=O) groups excluding carboxylic acids is 1. The van der Waals surface area contributed by atoms with Crippen LogP contribution in [-0.4, -0.2) is 25.2 Å². The molecule has 29 heavy (non-hydrogen) atoms. The van der Waals surface area contributed by atoms with Crippen LogP contribution >= 0.6 is 0 Å². The highest BCUT2D eigenvalue weighted by atomic mass is 32.2. The maximum Gasteiger partial charge on any atom is 0.243 e. The zero-order valence-corrected chi connectivity index (χ0v) is 16.3. The molecule has 0 spiro atoms. The van der Waals surface area contributed by atoms with E-state index in [-0.39, 0.29) is 18.0 Å². The van der Waals surface area contributed by atoms with E-state index in [1.165, 1.54) is 18.2 Å². The molecule has 0 radical (unpaired) electrons. The minimum Gasteiger partial charge on any atom is -0.325 e. The predicted molar refractivity (Wildman–Crippen MR) is 110 cm³/mol. The molecule has 0 aromatic heterocycles. The van der Waals surface area contributed by atoms with Crippen LogP contribution in [-0.2, 0) is 21.4 Å². The third-order valence-electron chi connectivity index (χ3n) is 4.18. The normalized spacial score (nSPS) is 11.0. The second kappa shape index (κ2) is 9.15. The van der Waals surface area contributed by atoms with Gasteiger partial charge in [0, 0.05) is 12.2 Å². The Morgan fingerprint density at radius 2 is 1.59 bits per heavy atom. The smallest absolute Gasteiger partial charge is 0.243 e. The Hall–Kier alpha value is -3.47. The van der Waals surface area contributed by atoms with E-state index in [2.05, 4.69) is 5.32 Å². The first-order chi connectivity index (χ1) is 14.0. The molecule has 3 aromatic carbocycles.